The van der Waals surface area contributed by atoms with Crippen LogP contribution in [-0.2, 0) is 0 Å². The quantitative estimate of drug-likeness (QED) is 0.692. The molecule has 0 saturated carbocycles. The zero-order valence-electron chi connectivity index (χ0n) is 12.1. The van der Waals surface area contributed by atoms with E-state index in [9.17, 15) is 0 Å². The number of hydrogen-bond donors (Lipinski definition) is 2. The minimum atomic E-state index is 0.459. The fourth-order valence-electron chi connectivity index (χ4n) is 1.96. The summed E-state index contributed by atoms with van der Waals surface area (Å²) in [6, 6.07) is 2.45. The Hall–Kier alpha value is -1.32. The molecular formula is C14H26N4. The summed E-state index contributed by atoms with van der Waals surface area (Å²) in [6.07, 6.45) is 6.43. The molecule has 1 atom stereocenters. The average molecular weight is 250 g/mol. The molecule has 0 fully saturated rings. The smallest absolute Gasteiger partial charge is 0.224 e. The summed E-state index contributed by atoms with van der Waals surface area (Å²) in [7, 11) is 1.84. The van der Waals surface area contributed by atoms with E-state index in [1.165, 1.54) is 32.1 Å². The van der Waals surface area contributed by atoms with Gasteiger partial charge >= 0.3 is 0 Å². The van der Waals surface area contributed by atoms with Gasteiger partial charge < -0.3 is 10.6 Å². The Morgan fingerprint density at radius 1 is 1.22 bits per heavy atom. The van der Waals surface area contributed by atoms with Crippen molar-refractivity contribution in [3.05, 3.63) is 11.8 Å². The standard InChI is InChI=1S/C14H26N4/c1-5-6-7-8-9-11(2)16-13-10-12(3)17-14(15-4)18-13/h10-11H,5-9H2,1-4H3,(H2,15,16,17,18). The normalized spacial score (nSPS) is 12.2. The molecule has 4 heteroatoms. The highest BCUT2D eigenvalue weighted by molar-refractivity contribution is 5.42. The van der Waals surface area contributed by atoms with Gasteiger partial charge in [-0.1, -0.05) is 32.6 Å². The van der Waals surface area contributed by atoms with Gasteiger partial charge in [-0.2, -0.15) is 4.98 Å². The molecule has 2 N–H and O–H groups in total. The van der Waals surface area contributed by atoms with E-state index in [-0.39, 0.29) is 0 Å². The highest BCUT2D eigenvalue weighted by Gasteiger charge is 2.05. The SMILES string of the molecule is CCCCCCC(C)Nc1cc(C)nc(NC)n1. The van der Waals surface area contributed by atoms with E-state index in [0.29, 0.717) is 12.0 Å². The van der Waals surface area contributed by atoms with Crippen molar-refractivity contribution in [2.75, 3.05) is 17.7 Å². The number of nitrogens with zero attached hydrogens (tertiary/aromatic N) is 2. The summed E-state index contributed by atoms with van der Waals surface area (Å²) in [5.74, 6) is 1.59. The Morgan fingerprint density at radius 3 is 2.67 bits per heavy atom. The number of anilines is 2. The van der Waals surface area contributed by atoms with Crippen LogP contribution in [0.1, 0.15) is 51.6 Å². The van der Waals surface area contributed by atoms with E-state index in [1.807, 2.05) is 20.0 Å². The summed E-state index contributed by atoms with van der Waals surface area (Å²) in [5, 5.41) is 6.42. The maximum atomic E-state index is 4.40. The Kier molecular flexibility index (Phi) is 6.47. The van der Waals surface area contributed by atoms with Gasteiger partial charge in [0, 0.05) is 24.8 Å². The zero-order valence-corrected chi connectivity index (χ0v) is 12.1. The highest BCUT2D eigenvalue weighted by atomic mass is 15.1. The number of rotatable bonds is 8. The van der Waals surface area contributed by atoms with Gasteiger partial charge in [0.15, 0.2) is 0 Å². The first kappa shape index (κ1) is 14.7. The lowest BCUT2D eigenvalue weighted by Crippen LogP contribution is -2.16. The lowest BCUT2D eigenvalue weighted by Gasteiger charge is -2.15. The summed E-state index contributed by atoms with van der Waals surface area (Å²) in [4.78, 5) is 8.69. The van der Waals surface area contributed by atoms with Crippen LogP contribution in [0.15, 0.2) is 6.07 Å². The Morgan fingerprint density at radius 2 is 2.00 bits per heavy atom. The van der Waals surface area contributed by atoms with E-state index in [2.05, 4.69) is 34.4 Å². The number of unbranched alkanes of at least 4 members (excludes halogenated alkanes) is 3. The molecule has 0 radical (unpaired) electrons. The van der Waals surface area contributed by atoms with Gasteiger partial charge in [-0.15, -0.1) is 0 Å². The van der Waals surface area contributed by atoms with Crippen LogP contribution in [-0.4, -0.2) is 23.1 Å². The molecule has 1 heterocycles. The summed E-state index contributed by atoms with van der Waals surface area (Å²) < 4.78 is 0. The number of aromatic nitrogens is 2. The minimum Gasteiger partial charge on any atom is -0.367 e. The fourth-order valence-corrected chi connectivity index (χ4v) is 1.96. The van der Waals surface area contributed by atoms with Crippen molar-refractivity contribution in [2.24, 2.45) is 0 Å². The third-order valence-electron chi connectivity index (χ3n) is 2.96. The van der Waals surface area contributed by atoms with Gasteiger partial charge in [-0.05, 0) is 20.3 Å². The molecule has 0 bridgehead atoms. The average Bonchev–Trinajstić information content (AvgIpc) is 2.34. The second kappa shape index (κ2) is 7.90. The second-order valence-electron chi connectivity index (χ2n) is 4.86. The molecule has 4 nitrogen and oxygen atoms in total. The molecule has 0 amide bonds. The molecule has 1 unspecified atom stereocenters. The molecule has 0 saturated heterocycles. The van der Waals surface area contributed by atoms with Crippen LogP contribution in [0, 0.1) is 6.92 Å². The molecule has 0 aliphatic heterocycles. The number of aryl methyl sites for hydroxylation is 1. The lowest BCUT2D eigenvalue weighted by atomic mass is 10.1. The molecule has 1 aromatic heterocycles. The zero-order chi connectivity index (χ0) is 13.4. The predicted molar refractivity (Wildman–Crippen MR) is 78.2 cm³/mol. The molecule has 18 heavy (non-hydrogen) atoms. The monoisotopic (exact) mass is 250 g/mol. The van der Waals surface area contributed by atoms with E-state index in [1.54, 1.807) is 0 Å². The molecular weight excluding hydrogens is 224 g/mol. The second-order valence-corrected chi connectivity index (χ2v) is 4.86. The largest absolute Gasteiger partial charge is 0.367 e. The minimum absolute atomic E-state index is 0.459. The van der Waals surface area contributed by atoms with Crippen molar-refractivity contribution < 1.29 is 0 Å². The van der Waals surface area contributed by atoms with Gasteiger partial charge in [0.05, 0.1) is 0 Å². The van der Waals surface area contributed by atoms with E-state index in [4.69, 9.17) is 0 Å². The van der Waals surface area contributed by atoms with Crippen LogP contribution in [0.5, 0.6) is 0 Å². The number of hydrogen-bond acceptors (Lipinski definition) is 4. The maximum Gasteiger partial charge on any atom is 0.224 e. The molecule has 0 aromatic carbocycles. The van der Waals surface area contributed by atoms with Crippen LogP contribution < -0.4 is 10.6 Å². The number of nitrogens with one attached hydrogen (secondary N) is 2. The first-order chi connectivity index (χ1) is 8.65. The molecule has 0 spiro atoms. The first-order valence-corrected chi connectivity index (χ1v) is 6.95. The molecule has 0 aliphatic carbocycles. The summed E-state index contributed by atoms with van der Waals surface area (Å²) in [5.41, 5.74) is 0.982. The molecule has 102 valence electrons. The fraction of sp³-hybridized carbons (Fsp3) is 0.714. The molecule has 1 aromatic rings. The Labute approximate surface area is 111 Å². The lowest BCUT2D eigenvalue weighted by molar-refractivity contribution is 0.593. The van der Waals surface area contributed by atoms with Crippen molar-refractivity contribution in [1.82, 2.24) is 9.97 Å². The van der Waals surface area contributed by atoms with Gasteiger partial charge in [-0.25, -0.2) is 4.98 Å². The summed E-state index contributed by atoms with van der Waals surface area (Å²) >= 11 is 0. The van der Waals surface area contributed by atoms with Crippen LogP contribution in [0.25, 0.3) is 0 Å². The first-order valence-electron chi connectivity index (χ1n) is 6.95. The van der Waals surface area contributed by atoms with E-state index in [0.717, 1.165) is 11.5 Å². The van der Waals surface area contributed by atoms with Gasteiger partial charge in [0.25, 0.3) is 0 Å². The third kappa shape index (κ3) is 5.34. The van der Waals surface area contributed by atoms with Crippen molar-refractivity contribution >= 4 is 11.8 Å². The van der Waals surface area contributed by atoms with E-state index >= 15 is 0 Å². The Bertz CT molecular complexity index is 352. The van der Waals surface area contributed by atoms with Crippen LogP contribution >= 0.6 is 0 Å². The van der Waals surface area contributed by atoms with Crippen molar-refractivity contribution in [3.8, 4) is 0 Å². The van der Waals surface area contributed by atoms with Crippen molar-refractivity contribution in [1.29, 1.82) is 0 Å². The maximum absolute atomic E-state index is 4.40. The summed E-state index contributed by atoms with van der Waals surface area (Å²) in [6.45, 7) is 6.44. The third-order valence-corrected chi connectivity index (χ3v) is 2.96. The van der Waals surface area contributed by atoms with Crippen LogP contribution in [0.4, 0.5) is 11.8 Å². The topological polar surface area (TPSA) is 49.8 Å². The van der Waals surface area contributed by atoms with E-state index < -0.39 is 0 Å². The van der Waals surface area contributed by atoms with Gasteiger partial charge in [0.1, 0.15) is 5.82 Å². The van der Waals surface area contributed by atoms with Gasteiger partial charge in [0.2, 0.25) is 5.95 Å². The highest BCUT2D eigenvalue weighted by Crippen LogP contribution is 2.13. The van der Waals surface area contributed by atoms with Gasteiger partial charge in [-0.3, -0.25) is 0 Å². The van der Waals surface area contributed by atoms with Crippen LogP contribution in [0.3, 0.4) is 0 Å². The predicted octanol–water partition coefficient (Wildman–Crippen LogP) is 3.60. The van der Waals surface area contributed by atoms with Crippen molar-refractivity contribution in [3.63, 3.8) is 0 Å². The molecule has 1 rings (SSSR count). The Balaban J connectivity index is 2.43. The van der Waals surface area contributed by atoms with Crippen LogP contribution in [0.2, 0.25) is 0 Å². The molecule has 0 aliphatic rings. The van der Waals surface area contributed by atoms with Crippen molar-refractivity contribution in [2.45, 2.75) is 58.9 Å².